The van der Waals surface area contributed by atoms with Gasteiger partial charge in [0.1, 0.15) is 33.1 Å². The first-order valence-corrected chi connectivity index (χ1v) is 15.1. The van der Waals surface area contributed by atoms with Crippen LogP contribution < -0.4 is 14.8 Å². The Morgan fingerprint density at radius 1 is 1.27 bits per heavy atom. The number of amides is 1. The third-order valence-corrected chi connectivity index (χ3v) is 10.3. The number of carbonyl (C=O) groups excluding carboxylic acids is 2. The monoisotopic (exact) mass is 638 g/mol. The van der Waals surface area contributed by atoms with Crippen LogP contribution in [0.25, 0.3) is 0 Å². The van der Waals surface area contributed by atoms with E-state index in [2.05, 4.69) is 10.2 Å². The van der Waals surface area contributed by atoms with Crippen molar-refractivity contribution in [3.05, 3.63) is 49.6 Å². The van der Waals surface area contributed by atoms with Crippen LogP contribution >= 0.6 is 34.3 Å². The summed E-state index contributed by atoms with van der Waals surface area (Å²) in [5.41, 5.74) is 7.56. The largest absolute Gasteiger partial charge is 0.492 e. The lowest BCUT2D eigenvalue weighted by Crippen LogP contribution is -2.37. The van der Waals surface area contributed by atoms with E-state index in [1.165, 1.54) is 24.6 Å². The molecule has 1 amide bonds. The number of benzene rings is 1. The number of nitrogens with two attached hydrogens (primary N) is 1. The number of alkyl halides is 3. The van der Waals surface area contributed by atoms with E-state index in [0.717, 1.165) is 15.6 Å². The van der Waals surface area contributed by atoms with Crippen LogP contribution in [0.2, 0.25) is 5.02 Å². The highest BCUT2D eigenvalue weighted by atomic mass is 35.5. The zero-order valence-corrected chi connectivity index (χ0v) is 24.3. The SMILES string of the molecule is CCOc1cc(C(F)(F)F)sc1C(=O)OC1Cc2cc(Cl)c(S(=O)(=O)N(c3nncs3)C(C)C)cc2C1C(N)=O. The molecule has 0 aliphatic heterocycles. The highest BCUT2D eigenvalue weighted by molar-refractivity contribution is 7.93. The summed E-state index contributed by atoms with van der Waals surface area (Å²) in [4.78, 5) is 23.7. The average Bonchev–Trinajstić information content (AvgIpc) is 3.56. The van der Waals surface area contributed by atoms with Gasteiger partial charge in [0, 0.05) is 18.5 Å². The lowest BCUT2D eigenvalue weighted by molar-refractivity contribution is -0.134. The molecule has 1 aromatic carbocycles. The van der Waals surface area contributed by atoms with Crippen molar-refractivity contribution in [1.29, 1.82) is 0 Å². The topological polar surface area (TPSA) is 142 Å². The Hall–Kier alpha value is -2.95. The molecule has 2 aromatic heterocycles. The van der Waals surface area contributed by atoms with Crippen LogP contribution in [0, 0.1) is 0 Å². The van der Waals surface area contributed by atoms with E-state index in [-0.39, 0.29) is 50.7 Å². The Morgan fingerprint density at radius 3 is 2.52 bits per heavy atom. The molecular formula is C23H22ClF3N4O6S3. The van der Waals surface area contributed by atoms with Crippen LogP contribution in [0.15, 0.2) is 28.6 Å². The molecule has 3 aromatic rings. The molecule has 2 atom stereocenters. The van der Waals surface area contributed by atoms with Gasteiger partial charge >= 0.3 is 12.1 Å². The maximum Gasteiger partial charge on any atom is 0.425 e. The number of rotatable bonds is 9. The predicted octanol–water partition coefficient (Wildman–Crippen LogP) is 4.62. The molecule has 1 aliphatic carbocycles. The first-order valence-electron chi connectivity index (χ1n) is 11.6. The molecule has 216 valence electrons. The molecule has 0 saturated heterocycles. The number of esters is 1. The first kappa shape index (κ1) is 30.0. The quantitative estimate of drug-likeness (QED) is 0.335. The van der Waals surface area contributed by atoms with Gasteiger partial charge in [0.2, 0.25) is 11.0 Å². The number of hydrogen-bond acceptors (Lipinski definition) is 10. The molecule has 0 bridgehead atoms. The minimum absolute atomic E-state index is 0.00666. The summed E-state index contributed by atoms with van der Waals surface area (Å²) in [5, 5.41) is 7.48. The van der Waals surface area contributed by atoms with Gasteiger partial charge in [0.25, 0.3) is 10.0 Å². The van der Waals surface area contributed by atoms with E-state index in [1.807, 2.05) is 0 Å². The molecule has 0 radical (unpaired) electrons. The number of thiophene rings is 1. The van der Waals surface area contributed by atoms with Crippen molar-refractivity contribution < 1.29 is 40.7 Å². The molecule has 1 aliphatic rings. The third kappa shape index (κ3) is 5.62. The van der Waals surface area contributed by atoms with Crippen LogP contribution in [0.5, 0.6) is 5.75 Å². The van der Waals surface area contributed by atoms with E-state index < -0.39 is 55.9 Å². The van der Waals surface area contributed by atoms with E-state index in [1.54, 1.807) is 13.8 Å². The predicted molar refractivity (Wildman–Crippen MR) is 141 cm³/mol. The van der Waals surface area contributed by atoms with Crippen molar-refractivity contribution >= 4 is 61.3 Å². The molecule has 2 unspecified atom stereocenters. The lowest BCUT2D eigenvalue weighted by atomic mass is 9.99. The standard InChI is InChI=1S/C23H22ClF3N4O6S3/c1-4-36-15-8-17(23(25,26)27)39-19(15)21(33)37-14-6-11-5-13(24)16(7-12(11)18(14)20(28)32)40(34,35)31(10(2)3)22-30-29-9-38-22/h5,7-10,14,18H,4,6H2,1-3H3,(H2,28,32). The van der Waals surface area contributed by atoms with Crippen molar-refractivity contribution in [2.75, 3.05) is 10.9 Å². The van der Waals surface area contributed by atoms with Gasteiger partial charge in [-0.2, -0.15) is 13.2 Å². The summed E-state index contributed by atoms with van der Waals surface area (Å²) in [6, 6.07) is 2.67. The van der Waals surface area contributed by atoms with Crippen molar-refractivity contribution in [1.82, 2.24) is 10.2 Å². The molecule has 40 heavy (non-hydrogen) atoms. The van der Waals surface area contributed by atoms with E-state index in [9.17, 15) is 31.2 Å². The highest BCUT2D eigenvalue weighted by Crippen LogP contribution is 2.43. The maximum atomic E-state index is 13.7. The lowest BCUT2D eigenvalue weighted by Gasteiger charge is -2.26. The Bertz CT molecular complexity index is 1540. The Kier molecular flexibility index (Phi) is 8.36. The summed E-state index contributed by atoms with van der Waals surface area (Å²) in [5.74, 6) is -3.68. The number of halogens is 4. The second kappa shape index (κ2) is 11.1. The molecule has 17 heteroatoms. The molecular weight excluding hydrogens is 617 g/mol. The smallest absolute Gasteiger partial charge is 0.425 e. The minimum atomic E-state index is -4.72. The summed E-state index contributed by atoms with van der Waals surface area (Å²) >= 11 is 7.54. The number of nitrogens with zero attached hydrogens (tertiary/aromatic N) is 3. The first-order chi connectivity index (χ1) is 18.7. The van der Waals surface area contributed by atoms with Crippen LogP contribution in [0.1, 0.15) is 52.4 Å². The minimum Gasteiger partial charge on any atom is -0.492 e. The second-order valence-corrected chi connectivity index (χ2v) is 12.9. The van der Waals surface area contributed by atoms with Crippen molar-refractivity contribution in [3.8, 4) is 5.75 Å². The van der Waals surface area contributed by atoms with Gasteiger partial charge in [-0.1, -0.05) is 22.9 Å². The normalized spacial score (nSPS) is 17.1. The van der Waals surface area contributed by atoms with Gasteiger partial charge in [-0.05, 0) is 44.0 Å². The van der Waals surface area contributed by atoms with Crippen LogP contribution in [-0.2, 0) is 32.2 Å². The molecule has 2 heterocycles. The number of aromatic nitrogens is 2. The van der Waals surface area contributed by atoms with E-state index >= 15 is 0 Å². The fraction of sp³-hybridized carbons (Fsp3) is 0.391. The summed E-state index contributed by atoms with van der Waals surface area (Å²) < 4.78 is 78.9. The number of ether oxygens (including phenoxy) is 2. The number of sulfonamides is 1. The van der Waals surface area contributed by atoms with E-state index in [0.29, 0.717) is 11.6 Å². The second-order valence-electron chi connectivity index (χ2n) is 8.86. The van der Waals surface area contributed by atoms with Crippen LogP contribution in [0.4, 0.5) is 18.3 Å². The molecule has 0 spiro atoms. The van der Waals surface area contributed by atoms with Crippen molar-refractivity contribution in [3.63, 3.8) is 0 Å². The number of primary amides is 1. The fourth-order valence-corrected chi connectivity index (χ4v) is 8.28. The Morgan fingerprint density at radius 2 is 1.98 bits per heavy atom. The summed E-state index contributed by atoms with van der Waals surface area (Å²) in [6.07, 6.45) is -6.03. The summed E-state index contributed by atoms with van der Waals surface area (Å²) in [7, 11) is -4.30. The van der Waals surface area contributed by atoms with Crippen molar-refractivity contribution in [2.45, 2.75) is 56.3 Å². The highest BCUT2D eigenvalue weighted by Gasteiger charge is 2.43. The summed E-state index contributed by atoms with van der Waals surface area (Å²) in [6.45, 7) is 4.80. The van der Waals surface area contributed by atoms with Gasteiger partial charge in [-0.3, -0.25) is 4.79 Å². The van der Waals surface area contributed by atoms with Gasteiger partial charge in [-0.15, -0.1) is 21.5 Å². The number of hydrogen-bond donors (Lipinski definition) is 1. The fourth-order valence-electron chi connectivity index (χ4n) is 4.34. The van der Waals surface area contributed by atoms with E-state index in [4.69, 9.17) is 26.8 Å². The molecule has 10 nitrogen and oxygen atoms in total. The van der Waals surface area contributed by atoms with Gasteiger partial charge in [-0.25, -0.2) is 17.5 Å². The molecule has 2 N–H and O–H groups in total. The number of anilines is 1. The zero-order chi connectivity index (χ0) is 29.6. The third-order valence-electron chi connectivity index (χ3n) is 5.89. The molecule has 4 rings (SSSR count). The Balaban J connectivity index is 1.70. The van der Waals surface area contributed by atoms with Crippen molar-refractivity contribution in [2.24, 2.45) is 5.73 Å². The van der Waals surface area contributed by atoms with Gasteiger partial charge in [0.15, 0.2) is 4.88 Å². The van der Waals surface area contributed by atoms with Crippen LogP contribution in [0.3, 0.4) is 0 Å². The maximum absolute atomic E-state index is 13.7. The van der Waals surface area contributed by atoms with Crippen LogP contribution in [-0.4, -0.2) is 49.2 Å². The Labute approximate surface area is 239 Å². The molecule has 0 saturated carbocycles. The van der Waals surface area contributed by atoms with Gasteiger partial charge in [0.05, 0.1) is 11.6 Å². The number of fused-ring (bicyclic) bond motifs is 1. The van der Waals surface area contributed by atoms with Gasteiger partial charge < -0.3 is 15.2 Å². The molecule has 0 fully saturated rings. The average molecular weight is 639 g/mol. The number of carbonyl (C=O) groups is 2. The zero-order valence-electron chi connectivity index (χ0n) is 21.1.